The molecule has 0 amide bonds. The minimum absolute atomic E-state index is 0.186. The van der Waals surface area contributed by atoms with Crippen LogP contribution in [0.5, 0.6) is 17.2 Å². The molecule has 3 aromatic rings. The Hall–Kier alpha value is -4.51. The summed E-state index contributed by atoms with van der Waals surface area (Å²) in [6.07, 6.45) is 1.66. The number of fused-ring (bicyclic) bond motifs is 1. The minimum atomic E-state index is -0.881. The van der Waals surface area contributed by atoms with E-state index in [4.69, 9.17) is 18.9 Å². The zero-order valence-electron chi connectivity index (χ0n) is 21.3. The second-order valence-corrected chi connectivity index (χ2v) is 9.25. The third-order valence-electron chi connectivity index (χ3n) is 5.60. The first kappa shape index (κ1) is 26.6. The van der Waals surface area contributed by atoms with Crippen LogP contribution in [0.4, 0.5) is 0 Å². The molecular formula is C27H24N2O8S. The van der Waals surface area contributed by atoms with E-state index in [1.54, 1.807) is 49.4 Å². The number of carbonyl (C=O) groups is 3. The van der Waals surface area contributed by atoms with Crippen LogP contribution in [0.15, 0.2) is 63.5 Å². The van der Waals surface area contributed by atoms with Crippen molar-refractivity contribution in [3.05, 3.63) is 84.5 Å². The zero-order valence-corrected chi connectivity index (χ0v) is 22.1. The van der Waals surface area contributed by atoms with Crippen LogP contribution in [0.1, 0.15) is 37.9 Å². The smallest absolute Gasteiger partial charge is 0.338 e. The quantitative estimate of drug-likeness (QED) is 0.347. The van der Waals surface area contributed by atoms with E-state index in [1.807, 2.05) is 0 Å². The Morgan fingerprint density at radius 2 is 1.74 bits per heavy atom. The standard InChI is InChI=1S/C27H24N2O8S/c1-14-23(26(33)35-5)24(18-9-10-20(37-16(3)31)21(13-18)34-4)29-25(32)22(38-27(29)28-14)12-17-7-6-8-19(11-17)36-15(2)30/h6-13,24H,1-5H3/b22-12-/t24-/m1/s1. The lowest BCUT2D eigenvalue weighted by Gasteiger charge is -2.25. The third-order valence-corrected chi connectivity index (χ3v) is 6.58. The molecule has 2 aromatic carbocycles. The normalized spacial score (nSPS) is 14.9. The minimum Gasteiger partial charge on any atom is -0.493 e. The van der Waals surface area contributed by atoms with Crippen LogP contribution < -0.4 is 29.1 Å². The number of aromatic nitrogens is 1. The van der Waals surface area contributed by atoms with Crippen molar-refractivity contribution >= 4 is 35.3 Å². The van der Waals surface area contributed by atoms with Crippen molar-refractivity contribution in [3.8, 4) is 17.2 Å². The first-order valence-electron chi connectivity index (χ1n) is 11.4. The lowest BCUT2D eigenvalue weighted by molar-refractivity contribution is -0.136. The van der Waals surface area contributed by atoms with Crippen LogP contribution in [0.2, 0.25) is 0 Å². The molecule has 1 aliphatic rings. The molecule has 0 spiro atoms. The maximum Gasteiger partial charge on any atom is 0.338 e. The fraction of sp³-hybridized carbons (Fsp3) is 0.222. The van der Waals surface area contributed by atoms with E-state index in [9.17, 15) is 19.2 Å². The zero-order chi connectivity index (χ0) is 27.6. The fourth-order valence-electron chi connectivity index (χ4n) is 4.09. The van der Waals surface area contributed by atoms with Crippen molar-refractivity contribution in [3.63, 3.8) is 0 Å². The Morgan fingerprint density at radius 3 is 2.39 bits per heavy atom. The lowest BCUT2D eigenvalue weighted by Crippen LogP contribution is -2.39. The number of rotatable bonds is 6. The van der Waals surface area contributed by atoms with Gasteiger partial charge in [-0.2, -0.15) is 0 Å². The average molecular weight is 537 g/mol. The summed E-state index contributed by atoms with van der Waals surface area (Å²) in [5.41, 5.74) is 1.37. The Bertz CT molecular complexity index is 1660. The molecule has 11 heteroatoms. The largest absolute Gasteiger partial charge is 0.493 e. The SMILES string of the molecule is COC(=O)C1=C(C)N=c2s/c(=C\c3cccc(OC(C)=O)c3)c(=O)n2[C@@H]1c1ccc(OC(C)=O)c(OC)c1. The molecule has 0 N–H and O–H groups in total. The second kappa shape index (κ2) is 10.9. The van der Waals surface area contributed by atoms with Gasteiger partial charge < -0.3 is 18.9 Å². The maximum atomic E-state index is 13.7. The lowest BCUT2D eigenvalue weighted by atomic mass is 9.95. The molecule has 0 unspecified atom stereocenters. The van der Waals surface area contributed by atoms with Crippen LogP contribution in [0, 0.1) is 0 Å². The van der Waals surface area contributed by atoms with Crippen LogP contribution in [0.25, 0.3) is 6.08 Å². The van der Waals surface area contributed by atoms with Gasteiger partial charge in [-0.05, 0) is 48.4 Å². The van der Waals surface area contributed by atoms with Gasteiger partial charge in [-0.3, -0.25) is 19.0 Å². The number of nitrogens with zero attached hydrogens (tertiary/aromatic N) is 2. The van der Waals surface area contributed by atoms with E-state index in [0.29, 0.717) is 31.9 Å². The molecule has 1 atom stereocenters. The predicted molar refractivity (Wildman–Crippen MR) is 138 cm³/mol. The highest BCUT2D eigenvalue weighted by Gasteiger charge is 2.33. The van der Waals surface area contributed by atoms with Gasteiger partial charge in [-0.15, -0.1) is 0 Å². The molecule has 1 aliphatic heterocycles. The van der Waals surface area contributed by atoms with Crippen molar-refractivity contribution in [2.75, 3.05) is 14.2 Å². The molecule has 0 bridgehead atoms. The molecule has 0 radical (unpaired) electrons. The first-order chi connectivity index (χ1) is 18.1. The number of ether oxygens (including phenoxy) is 4. The number of benzene rings is 2. The second-order valence-electron chi connectivity index (χ2n) is 8.24. The molecule has 2 heterocycles. The Kier molecular flexibility index (Phi) is 7.58. The maximum absolute atomic E-state index is 13.7. The summed E-state index contributed by atoms with van der Waals surface area (Å²) < 4.78 is 22.6. The highest BCUT2D eigenvalue weighted by molar-refractivity contribution is 7.07. The highest BCUT2D eigenvalue weighted by Crippen LogP contribution is 2.36. The van der Waals surface area contributed by atoms with Crippen molar-refractivity contribution in [2.24, 2.45) is 4.99 Å². The van der Waals surface area contributed by atoms with Gasteiger partial charge in [-0.1, -0.05) is 29.5 Å². The first-order valence-corrected chi connectivity index (χ1v) is 12.2. The van der Waals surface area contributed by atoms with Crippen molar-refractivity contribution in [1.29, 1.82) is 0 Å². The summed E-state index contributed by atoms with van der Waals surface area (Å²) in [5.74, 6) is -0.816. The molecule has 0 aliphatic carbocycles. The van der Waals surface area contributed by atoms with E-state index in [0.717, 1.165) is 11.3 Å². The van der Waals surface area contributed by atoms with Gasteiger partial charge in [0.1, 0.15) is 5.75 Å². The Morgan fingerprint density at radius 1 is 1.00 bits per heavy atom. The summed E-state index contributed by atoms with van der Waals surface area (Å²) in [7, 11) is 2.68. The van der Waals surface area contributed by atoms with Crippen molar-refractivity contribution in [1.82, 2.24) is 4.57 Å². The van der Waals surface area contributed by atoms with Crippen LogP contribution >= 0.6 is 11.3 Å². The van der Waals surface area contributed by atoms with E-state index >= 15 is 0 Å². The summed E-state index contributed by atoms with van der Waals surface area (Å²) in [6.45, 7) is 4.25. The van der Waals surface area contributed by atoms with Gasteiger partial charge >= 0.3 is 17.9 Å². The number of allylic oxidation sites excluding steroid dienone is 1. The molecular weight excluding hydrogens is 512 g/mol. The van der Waals surface area contributed by atoms with Gasteiger partial charge in [0.2, 0.25) is 0 Å². The van der Waals surface area contributed by atoms with Crippen molar-refractivity contribution in [2.45, 2.75) is 26.8 Å². The number of thiazole rings is 1. The molecule has 38 heavy (non-hydrogen) atoms. The van der Waals surface area contributed by atoms with E-state index in [1.165, 1.54) is 38.7 Å². The Labute approximate surface area is 221 Å². The van der Waals surface area contributed by atoms with Gasteiger partial charge in [0.15, 0.2) is 16.3 Å². The average Bonchev–Trinajstić information content (AvgIpc) is 3.16. The molecule has 10 nitrogen and oxygen atoms in total. The third kappa shape index (κ3) is 5.28. The molecule has 0 fully saturated rings. The number of esters is 3. The molecule has 4 rings (SSSR count). The monoisotopic (exact) mass is 536 g/mol. The summed E-state index contributed by atoms with van der Waals surface area (Å²) >= 11 is 1.16. The van der Waals surface area contributed by atoms with E-state index in [-0.39, 0.29) is 22.6 Å². The summed E-state index contributed by atoms with van der Waals surface area (Å²) in [6, 6.07) is 10.7. The van der Waals surface area contributed by atoms with Crippen LogP contribution in [-0.2, 0) is 19.1 Å². The predicted octanol–water partition coefficient (Wildman–Crippen LogP) is 2.27. The van der Waals surface area contributed by atoms with Gasteiger partial charge in [0.05, 0.1) is 36.1 Å². The van der Waals surface area contributed by atoms with Crippen molar-refractivity contribution < 1.29 is 33.3 Å². The molecule has 1 aromatic heterocycles. The van der Waals surface area contributed by atoms with E-state index in [2.05, 4.69) is 4.99 Å². The molecule has 0 saturated heterocycles. The number of hydrogen-bond donors (Lipinski definition) is 0. The van der Waals surface area contributed by atoms with E-state index < -0.39 is 23.9 Å². The fourth-order valence-corrected chi connectivity index (χ4v) is 5.13. The van der Waals surface area contributed by atoms with Gasteiger partial charge in [-0.25, -0.2) is 9.79 Å². The topological polar surface area (TPSA) is 122 Å². The number of carbonyl (C=O) groups excluding carboxylic acids is 3. The van der Waals surface area contributed by atoms with Crippen LogP contribution in [0.3, 0.4) is 0 Å². The van der Waals surface area contributed by atoms with Gasteiger partial charge in [0, 0.05) is 13.8 Å². The van der Waals surface area contributed by atoms with Crippen LogP contribution in [-0.4, -0.2) is 36.7 Å². The molecule has 0 saturated carbocycles. The van der Waals surface area contributed by atoms with Gasteiger partial charge in [0.25, 0.3) is 5.56 Å². The number of hydrogen-bond acceptors (Lipinski definition) is 10. The summed E-state index contributed by atoms with van der Waals surface area (Å²) in [4.78, 5) is 54.3. The highest BCUT2D eigenvalue weighted by atomic mass is 32.1. The number of methoxy groups -OCH3 is 2. The Balaban J connectivity index is 1.92. The molecule has 196 valence electrons. The summed E-state index contributed by atoms with van der Waals surface area (Å²) in [5, 5.41) is 0.